The van der Waals surface area contributed by atoms with Gasteiger partial charge in [-0.05, 0) is 37.1 Å². The smallest absolute Gasteiger partial charge is 0.312 e. The Morgan fingerprint density at radius 3 is 2.42 bits per heavy atom. The number of amides is 3. The number of primary amides is 1. The van der Waals surface area contributed by atoms with Crippen LogP contribution in [0, 0.1) is 5.92 Å². The number of aryl methyl sites for hydroxylation is 1. The van der Waals surface area contributed by atoms with E-state index in [0.29, 0.717) is 5.69 Å². The highest BCUT2D eigenvalue weighted by Gasteiger charge is 2.23. The molecule has 0 aliphatic carbocycles. The molecule has 0 unspecified atom stereocenters. The summed E-state index contributed by atoms with van der Waals surface area (Å²) < 4.78 is 2.25. The van der Waals surface area contributed by atoms with Crippen molar-refractivity contribution >= 4 is 39.4 Å². The minimum Gasteiger partial charge on any atom is -0.352 e. The van der Waals surface area contributed by atoms with Crippen LogP contribution < -0.4 is 16.4 Å². The van der Waals surface area contributed by atoms with Crippen LogP contribution in [0.25, 0.3) is 21.8 Å². The monoisotopic (exact) mass is 352 g/mol. The molecule has 1 heterocycles. The number of urea groups is 1. The van der Waals surface area contributed by atoms with Crippen LogP contribution in [0.3, 0.4) is 0 Å². The summed E-state index contributed by atoms with van der Waals surface area (Å²) in [5.74, 6) is -0.356. The summed E-state index contributed by atoms with van der Waals surface area (Å²) in [4.78, 5) is 23.7. The van der Waals surface area contributed by atoms with E-state index < -0.39 is 12.1 Å². The lowest BCUT2D eigenvalue weighted by Crippen LogP contribution is -2.49. The summed E-state index contributed by atoms with van der Waals surface area (Å²) in [6, 6.07) is 12.7. The van der Waals surface area contributed by atoms with Gasteiger partial charge in [0, 0.05) is 34.0 Å². The number of para-hydroxylation sites is 1. The Morgan fingerprint density at radius 2 is 1.77 bits per heavy atom. The molecule has 1 atom stereocenters. The van der Waals surface area contributed by atoms with Crippen LogP contribution in [0.2, 0.25) is 0 Å². The molecule has 0 spiro atoms. The summed E-state index contributed by atoms with van der Waals surface area (Å²) >= 11 is 0. The second-order valence-electron chi connectivity index (χ2n) is 6.71. The van der Waals surface area contributed by atoms with Gasteiger partial charge in [0.15, 0.2) is 0 Å². The minimum absolute atomic E-state index is 0.0757. The third-order valence-electron chi connectivity index (χ3n) is 4.60. The van der Waals surface area contributed by atoms with Gasteiger partial charge in [0.1, 0.15) is 6.04 Å². The van der Waals surface area contributed by atoms with E-state index >= 15 is 0 Å². The first kappa shape index (κ1) is 17.8. The summed E-state index contributed by atoms with van der Waals surface area (Å²) in [5.41, 5.74) is 8.17. The Bertz CT molecular complexity index is 975. The van der Waals surface area contributed by atoms with Crippen molar-refractivity contribution in [3.63, 3.8) is 0 Å². The Morgan fingerprint density at radius 1 is 1.08 bits per heavy atom. The molecule has 1 aromatic heterocycles. The van der Waals surface area contributed by atoms with Gasteiger partial charge in [-0.15, -0.1) is 0 Å². The largest absolute Gasteiger partial charge is 0.352 e. The zero-order chi connectivity index (χ0) is 18.8. The van der Waals surface area contributed by atoms with Gasteiger partial charge in [-0.1, -0.05) is 32.0 Å². The fourth-order valence-corrected chi connectivity index (χ4v) is 3.38. The van der Waals surface area contributed by atoms with Gasteiger partial charge in [-0.25, -0.2) is 4.79 Å². The lowest BCUT2D eigenvalue weighted by atomic mass is 10.0. The molecule has 0 aliphatic heterocycles. The maximum atomic E-state index is 12.6. The predicted molar refractivity (Wildman–Crippen MR) is 105 cm³/mol. The number of carbonyl (C=O) groups excluding carboxylic acids is 2. The molecule has 4 N–H and O–H groups in total. The summed E-state index contributed by atoms with van der Waals surface area (Å²) in [5, 5.41) is 7.63. The first-order chi connectivity index (χ1) is 12.4. The van der Waals surface area contributed by atoms with Crippen molar-refractivity contribution in [1.29, 1.82) is 0 Å². The SMILES string of the molecule is CCn1c2ccccc2c2cc(NC(=O)[C@H](NC(N)=O)C(C)C)ccc21. The fourth-order valence-electron chi connectivity index (χ4n) is 3.38. The van der Waals surface area contributed by atoms with Crippen molar-refractivity contribution in [1.82, 2.24) is 9.88 Å². The van der Waals surface area contributed by atoms with Crippen LogP contribution in [-0.4, -0.2) is 22.5 Å². The molecule has 2 aromatic carbocycles. The molecule has 3 rings (SSSR count). The van der Waals surface area contributed by atoms with Crippen LogP contribution in [0.4, 0.5) is 10.5 Å². The van der Waals surface area contributed by atoms with Gasteiger partial charge >= 0.3 is 6.03 Å². The third kappa shape index (κ3) is 3.22. The quantitative estimate of drug-likeness (QED) is 0.656. The van der Waals surface area contributed by atoms with Crippen LogP contribution in [-0.2, 0) is 11.3 Å². The van der Waals surface area contributed by atoms with Gasteiger partial charge < -0.3 is 20.9 Å². The molecule has 3 amide bonds. The number of nitrogens with one attached hydrogen (secondary N) is 2. The highest BCUT2D eigenvalue weighted by molar-refractivity contribution is 6.10. The van der Waals surface area contributed by atoms with Crippen molar-refractivity contribution in [2.24, 2.45) is 11.7 Å². The zero-order valence-corrected chi connectivity index (χ0v) is 15.2. The number of hydrogen-bond acceptors (Lipinski definition) is 2. The molecule has 0 saturated carbocycles. The molecule has 0 saturated heterocycles. The fraction of sp³-hybridized carbons (Fsp3) is 0.300. The number of rotatable bonds is 5. The Kier molecular flexibility index (Phi) is 4.84. The zero-order valence-electron chi connectivity index (χ0n) is 15.2. The molecule has 3 aromatic rings. The molecule has 6 heteroatoms. The van der Waals surface area contributed by atoms with Gasteiger partial charge in [0.2, 0.25) is 5.91 Å². The highest BCUT2D eigenvalue weighted by Crippen LogP contribution is 2.31. The lowest BCUT2D eigenvalue weighted by molar-refractivity contribution is -0.118. The van der Waals surface area contributed by atoms with E-state index in [1.165, 1.54) is 5.52 Å². The Balaban J connectivity index is 1.98. The average molecular weight is 352 g/mol. The maximum absolute atomic E-state index is 12.6. The molecule has 6 nitrogen and oxygen atoms in total. The van der Waals surface area contributed by atoms with Crippen molar-refractivity contribution < 1.29 is 9.59 Å². The topological polar surface area (TPSA) is 89.2 Å². The number of anilines is 1. The van der Waals surface area contributed by atoms with Crippen LogP contribution in [0.5, 0.6) is 0 Å². The van der Waals surface area contributed by atoms with Crippen LogP contribution >= 0.6 is 0 Å². The van der Waals surface area contributed by atoms with Crippen molar-refractivity contribution in [2.45, 2.75) is 33.4 Å². The molecule has 136 valence electrons. The van der Waals surface area contributed by atoms with E-state index in [-0.39, 0.29) is 11.8 Å². The average Bonchev–Trinajstić information content (AvgIpc) is 2.92. The van der Waals surface area contributed by atoms with E-state index in [0.717, 1.165) is 22.8 Å². The van der Waals surface area contributed by atoms with Gasteiger partial charge in [-0.3, -0.25) is 4.79 Å². The summed E-state index contributed by atoms with van der Waals surface area (Å²) in [7, 11) is 0. The standard InChI is InChI=1S/C20H24N4O2/c1-4-24-16-8-6-5-7-14(16)15-11-13(9-10-17(15)24)22-19(25)18(12(2)3)23-20(21)26/h5-12,18H,4H2,1-3H3,(H,22,25)(H3,21,23,26)/t18-/m1/s1. The van der Waals surface area contributed by atoms with Crippen LogP contribution in [0.1, 0.15) is 20.8 Å². The van der Waals surface area contributed by atoms with Crippen molar-refractivity contribution in [3.8, 4) is 0 Å². The van der Waals surface area contributed by atoms with E-state index in [9.17, 15) is 9.59 Å². The first-order valence-corrected chi connectivity index (χ1v) is 8.80. The van der Waals surface area contributed by atoms with E-state index in [4.69, 9.17) is 5.73 Å². The van der Waals surface area contributed by atoms with E-state index in [2.05, 4.69) is 34.3 Å². The Hall–Kier alpha value is -3.02. The van der Waals surface area contributed by atoms with E-state index in [1.807, 2.05) is 44.2 Å². The normalized spacial score (nSPS) is 12.5. The van der Waals surface area contributed by atoms with Gasteiger partial charge in [0.25, 0.3) is 0 Å². The molecule has 0 aliphatic rings. The number of nitrogens with zero attached hydrogens (tertiary/aromatic N) is 1. The molecular weight excluding hydrogens is 328 g/mol. The van der Waals surface area contributed by atoms with E-state index in [1.54, 1.807) is 0 Å². The number of benzene rings is 2. The molecule has 0 fully saturated rings. The van der Waals surface area contributed by atoms with Crippen LogP contribution in [0.15, 0.2) is 42.5 Å². The number of carbonyl (C=O) groups is 2. The summed E-state index contributed by atoms with van der Waals surface area (Å²) in [6.07, 6.45) is 0. The van der Waals surface area contributed by atoms with Gasteiger partial charge in [0.05, 0.1) is 0 Å². The second-order valence-corrected chi connectivity index (χ2v) is 6.71. The lowest BCUT2D eigenvalue weighted by Gasteiger charge is -2.20. The van der Waals surface area contributed by atoms with Crippen molar-refractivity contribution in [2.75, 3.05) is 5.32 Å². The third-order valence-corrected chi connectivity index (χ3v) is 4.60. The summed E-state index contributed by atoms with van der Waals surface area (Å²) in [6.45, 7) is 6.70. The number of fused-ring (bicyclic) bond motifs is 3. The number of hydrogen-bond donors (Lipinski definition) is 3. The predicted octanol–water partition coefficient (Wildman–Crippen LogP) is 3.45. The first-order valence-electron chi connectivity index (χ1n) is 8.80. The maximum Gasteiger partial charge on any atom is 0.312 e. The second kappa shape index (κ2) is 7.07. The minimum atomic E-state index is -0.708. The van der Waals surface area contributed by atoms with Crippen molar-refractivity contribution in [3.05, 3.63) is 42.5 Å². The molecular formula is C20H24N4O2. The van der Waals surface area contributed by atoms with Gasteiger partial charge in [-0.2, -0.15) is 0 Å². The number of aromatic nitrogens is 1. The molecule has 26 heavy (non-hydrogen) atoms. The number of nitrogens with two attached hydrogens (primary N) is 1. The Labute approximate surface area is 152 Å². The molecule has 0 radical (unpaired) electrons. The molecule has 0 bridgehead atoms. The highest BCUT2D eigenvalue weighted by atomic mass is 16.2.